The summed E-state index contributed by atoms with van der Waals surface area (Å²) in [6, 6.07) is 7.08. The van der Waals surface area contributed by atoms with E-state index in [1.807, 2.05) is 12.1 Å². The predicted molar refractivity (Wildman–Crippen MR) is 62.1 cm³/mol. The first-order chi connectivity index (χ1) is 7.66. The molecule has 16 heavy (non-hydrogen) atoms. The number of fused-ring (bicyclic) bond motifs is 3. The second-order valence-electron chi connectivity index (χ2n) is 3.56. The highest BCUT2D eigenvalue weighted by Crippen LogP contribution is 2.29. The summed E-state index contributed by atoms with van der Waals surface area (Å²) < 4.78 is 0. The van der Waals surface area contributed by atoms with E-state index in [9.17, 15) is 4.79 Å². The maximum absolute atomic E-state index is 10.8. The maximum Gasteiger partial charge on any atom is 0.352 e. The summed E-state index contributed by atoms with van der Waals surface area (Å²) in [5.74, 6) is -0.972. The molecule has 0 atom stereocenters. The molecule has 0 aliphatic rings. The van der Waals surface area contributed by atoms with Crippen molar-refractivity contribution in [3.63, 3.8) is 0 Å². The van der Waals surface area contributed by atoms with Crippen LogP contribution in [-0.2, 0) is 0 Å². The first kappa shape index (κ1) is 9.30. The van der Waals surface area contributed by atoms with Gasteiger partial charge in [-0.15, -0.1) is 0 Å². The molecule has 3 aromatic rings. The number of rotatable bonds is 1. The van der Waals surface area contributed by atoms with Crippen LogP contribution in [0, 0.1) is 0 Å². The summed E-state index contributed by atoms with van der Waals surface area (Å²) in [6.45, 7) is 0. The Kier molecular flexibility index (Phi) is 1.76. The Morgan fingerprint density at radius 3 is 2.81 bits per heavy atom. The standard InChI is InChI=1S/C11H7ClN2O2/c12-6-3-1-2-5-9(6)13-7-4-8(11(15)16)14-10(5)7/h1-4,13-14H,(H,15,16). The Labute approximate surface area is 94.8 Å². The van der Waals surface area contributed by atoms with Crippen molar-refractivity contribution in [1.82, 2.24) is 9.97 Å². The van der Waals surface area contributed by atoms with Gasteiger partial charge in [0.05, 0.1) is 21.6 Å². The van der Waals surface area contributed by atoms with Gasteiger partial charge in [-0.05, 0) is 12.1 Å². The van der Waals surface area contributed by atoms with Crippen LogP contribution in [0.1, 0.15) is 10.5 Å². The Balaban J connectivity index is 2.43. The Bertz CT molecular complexity index is 711. The van der Waals surface area contributed by atoms with E-state index in [4.69, 9.17) is 16.7 Å². The minimum absolute atomic E-state index is 0.170. The van der Waals surface area contributed by atoms with Crippen molar-refractivity contribution >= 4 is 39.5 Å². The number of para-hydroxylation sites is 1. The topological polar surface area (TPSA) is 68.9 Å². The van der Waals surface area contributed by atoms with Crippen LogP contribution in [0.25, 0.3) is 21.9 Å². The molecule has 0 bridgehead atoms. The number of aromatic amines is 2. The van der Waals surface area contributed by atoms with Crippen molar-refractivity contribution in [2.45, 2.75) is 0 Å². The summed E-state index contributed by atoms with van der Waals surface area (Å²) in [6.07, 6.45) is 0. The fourth-order valence-corrected chi connectivity index (χ4v) is 2.10. The quantitative estimate of drug-likeness (QED) is 0.606. The van der Waals surface area contributed by atoms with Crippen molar-refractivity contribution in [3.05, 3.63) is 35.0 Å². The van der Waals surface area contributed by atoms with E-state index in [0.29, 0.717) is 5.02 Å². The number of hydrogen-bond donors (Lipinski definition) is 3. The first-order valence-electron chi connectivity index (χ1n) is 4.69. The summed E-state index contributed by atoms with van der Waals surface area (Å²) >= 11 is 6.03. The SMILES string of the molecule is O=C(O)c1cc2[nH]c3c(Cl)cccc3c2[nH]1. The number of benzene rings is 1. The molecule has 1 aromatic carbocycles. The molecule has 0 unspecified atom stereocenters. The number of nitrogens with one attached hydrogen (secondary N) is 2. The number of aromatic carboxylic acids is 1. The fourth-order valence-electron chi connectivity index (χ4n) is 1.87. The number of aromatic nitrogens is 2. The third kappa shape index (κ3) is 1.13. The van der Waals surface area contributed by atoms with Gasteiger partial charge in [0.1, 0.15) is 5.69 Å². The van der Waals surface area contributed by atoms with E-state index in [1.165, 1.54) is 0 Å². The van der Waals surface area contributed by atoms with Crippen LogP contribution in [0.15, 0.2) is 24.3 Å². The van der Waals surface area contributed by atoms with Gasteiger partial charge in [-0.2, -0.15) is 0 Å². The van der Waals surface area contributed by atoms with Gasteiger partial charge in [-0.1, -0.05) is 23.7 Å². The molecule has 80 valence electrons. The Hall–Kier alpha value is -1.94. The smallest absolute Gasteiger partial charge is 0.352 e. The Morgan fingerprint density at radius 1 is 1.25 bits per heavy atom. The van der Waals surface area contributed by atoms with Crippen LogP contribution in [-0.4, -0.2) is 21.0 Å². The molecule has 0 saturated carbocycles. The zero-order valence-corrected chi connectivity index (χ0v) is 8.80. The molecule has 4 nitrogen and oxygen atoms in total. The highest BCUT2D eigenvalue weighted by Gasteiger charge is 2.12. The van der Waals surface area contributed by atoms with Crippen molar-refractivity contribution in [3.8, 4) is 0 Å². The molecule has 0 amide bonds. The maximum atomic E-state index is 10.8. The molecular weight excluding hydrogens is 228 g/mol. The summed E-state index contributed by atoms with van der Waals surface area (Å²) in [5, 5.41) is 10.4. The van der Waals surface area contributed by atoms with Gasteiger partial charge in [0.25, 0.3) is 0 Å². The van der Waals surface area contributed by atoms with Crippen LogP contribution in [0.3, 0.4) is 0 Å². The third-order valence-corrected chi connectivity index (χ3v) is 2.91. The van der Waals surface area contributed by atoms with Crippen LogP contribution < -0.4 is 0 Å². The van der Waals surface area contributed by atoms with Gasteiger partial charge >= 0.3 is 5.97 Å². The monoisotopic (exact) mass is 234 g/mol. The Morgan fingerprint density at radius 2 is 2.06 bits per heavy atom. The van der Waals surface area contributed by atoms with Crippen molar-refractivity contribution in [1.29, 1.82) is 0 Å². The molecule has 3 N–H and O–H groups in total. The van der Waals surface area contributed by atoms with E-state index in [-0.39, 0.29) is 5.69 Å². The number of H-pyrrole nitrogens is 2. The molecular formula is C11H7ClN2O2. The van der Waals surface area contributed by atoms with Crippen molar-refractivity contribution in [2.75, 3.05) is 0 Å². The molecule has 0 aliphatic carbocycles. The molecule has 3 rings (SSSR count). The van der Waals surface area contributed by atoms with Gasteiger partial charge in [-0.3, -0.25) is 0 Å². The van der Waals surface area contributed by atoms with E-state index in [1.54, 1.807) is 12.1 Å². The lowest BCUT2D eigenvalue weighted by atomic mass is 10.2. The van der Waals surface area contributed by atoms with Crippen LogP contribution in [0.4, 0.5) is 0 Å². The largest absolute Gasteiger partial charge is 0.477 e. The highest BCUT2D eigenvalue weighted by atomic mass is 35.5. The molecule has 0 radical (unpaired) electrons. The van der Waals surface area contributed by atoms with Gasteiger partial charge in [0.15, 0.2) is 0 Å². The summed E-state index contributed by atoms with van der Waals surface area (Å²) in [4.78, 5) is 16.8. The van der Waals surface area contributed by atoms with Gasteiger partial charge in [0, 0.05) is 5.39 Å². The van der Waals surface area contributed by atoms with Gasteiger partial charge < -0.3 is 15.1 Å². The molecule has 0 saturated heterocycles. The number of carboxylic acid groups (broad SMARTS) is 1. The average molecular weight is 235 g/mol. The minimum Gasteiger partial charge on any atom is -0.477 e. The lowest BCUT2D eigenvalue weighted by Crippen LogP contribution is -1.95. The number of carbonyl (C=O) groups is 1. The summed E-state index contributed by atoms with van der Waals surface area (Å²) in [7, 11) is 0. The normalized spacial score (nSPS) is 11.3. The van der Waals surface area contributed by atoms with Crippen molar-refractivity contribution in [2.24, 2.45) is 0 Å². The second kappa shape index (κ2) is 3.02. The van der Waals surface area contributed by atoms with E-state index >= 15 is 0 Å². The van der Waals surface area contributed by atoms with E-state index in [2.05, 4.69) is 9.97 Å². The van der Waals surface area contributed by atoms with E-state index in [0.717, 1.165) is 21.9 Å². The fraction of sp³-hybridized carbons (Fsp3) is 0. The lowest BCUT2D eigenvalue weighted by molar-refractivity contribution is 0.0691. The molecule has 2 aromatic heterocycles. The van der Waals surface area contributed by atoms with Crippen LogP contribution in [0.5, 0.6) is 0 Å². The highest BCUT2D eigenvalue weighted by molar-refractivity contribution is 6.36. The molecule has 0 spiro atoms. The number of halogens is 1. The molecule has 5 heteroatoms. The zero-order valence-electron chi connectivity index (χ0n) is 8.04. The molecule has 0 aliphatic heterocycles. The third-order valence-electron chi connectivity index (χ3n) is 2.59. The first-order valence-corrected chi connectivity index (χ1v) is 5.07. The average Bonchev–Trinajstić information content (AvgIpc) is 2.76. The minimum atomic E-state index is -0.972. The number of carboxylic acids is 1. The zero-order chi connectivity index (χ0) is 11.3. The lowest BCUT2D eigenvalue weighted by Gasteiger charge is -1.92. The number of hydrogen-bond acceptors (Lipinski definition) is 1. The summed E-state index contributed by atoms with van der Waals surface area (Å²) in [5.41, 5.74) is 2.51. The predicted octanol–water partition coefficient (Wildman–Crippen LogP) is 3.00. The van der Waals surface area contributed by atoms with Crippen molar-refractivity contribution < 1.29 is 9.90 Å². The van der Waals surface area contributed by atoms with E-state index < -0.39 is 5.97 Å². The second-order valence-corrected chi connectivity index (χ2v) is 3.97. The van der Waals surface area contributed by atoms with Gasteiger partial charge in [-0.25, -0.2) is 4.79 Å². The van der Waals surface area contributed by atoms with Gasteiger partial charge in [0.2, 0.25) is 0 Å². The molecule has 2 heterocycles. The van der Waals surface area contributed by atoms with Crippen LogP contribution in [0.2, 0.25) is 5.02 Å². The van der Waals surface area contributed by atoms with Crippen LogP contribution >= 0.6 is 11.6 Å². The molecule has 0 fully saturated rings.